The van der Waals surface area contributed by atoms with E-state index in [1.54, 1.807) is 6.07 Å². The van der Waals surface area contributed by atoms with Gasteiger partial charge in [0, 0.05) is 35.6 Å². The first-order valence-corrected chi connectivity index (χ1v) is 12.9. The van der Waals surface area contributed by atoms with E-state index >= 15 is 0 Å². The van der Waals surface area contributed by atoms with Crippen molar-refractivity contribution in [3.8, 4) is 0 Å². The summed E-state index contributed by atoms with van der Waals surface area (Å²) in [6.07, 6.45) is 7.83. The van der Waals surface area contributed by atoms with Gasteiger partial charge < -0.3 is 24.2 Å². The Balaban J connectivity index is 1.29. The number of aromatic nitrogens is 1. The van der Waals surface area contributed by atoms with Crippen LogP contribution in [-0.2, 0) is 19.9 Å². The first-order chi connectivity index (χ1) is 16.0. The third-order valence-electron chi connectivity index (χ3n) is 7.89. The van der Waals surface area contributed by atoms with Gasteiger partial charge in [-0.1, -0.05) is 30.5 Å². The minimum atomic E-state index is -1.59. The number of hydrogen-bond acceptors (Lipinski definition) is 7. The summed E-state index contributed by atoms with van der Waals surface area (Å²) in [5.41, 5.74) is -1.59. The van der Waals surface area contributed by atoms with Crippen LogP contribution in [0.3, 0.4) is 0 Å². The van der Waals surface area contributed by atoms with Crippen LogP contribution in [-0.4, -0.2) is 58.9 Å². The number of fused-ring (bicyclic) bond motifs is 3. The number of anilines is 1. The van der Waals surface area contributed by atoms with Crippen molar-refractivity contribution in [2.45, 2.75) is 56.7 Å². The number of ether oxygens (including phenoxy) is 1. The molecule has 178 valence electrons. The lowest BCUT2D eigenvalue weighted by atomic mass is 9.75. The molecule has 2 bridgehead atoms. The van der Waals surface area contributed by atoms with E-state index in [-0.39, 0.29) is 23.8 Å². The predicted molar refractivity (Wildman–Crippen MR) is 122 cm³/mol. The molecule has 1 aliphatic carbocycles. The molecule has 0 aromatic carbocycles. The molecule has 3 saturated heterocycles. The molecule has 33 heavy (non-hydrogen) atoms. The first kappa shape index (κ1) is 22.6. The zero-order valence-corrected chi connectivity index (χ0v) is 19.6. The van der Waals surface area contributed by atoms with Crippen molar-refractivity contribution >= 4 is 29.0 Å². The van der Waals surface area contributed by atoms with E-state index in [1.165, 1.54) is 17.6 Å². The molecule has 0 spiro atoms. The van der Waals surface area contributed by atoms with E-state index in [9.17, 15) is 14.7 Å². The number of carbonyl (C=O) groups is 2. The molecular formula is C24H32N3O5S+. The maximum absolute atomic E-state index is 13.6. The summed E-state index contributed by atoms with van der Waals surface area (Å²) in [4.78, 5) is 26.9. The second-order valence-corrected chi connectivity index (χ2v) is 10.9. The van der Waals surface area contributed by atoms with Crippen LogP contribution in [0.25, 0.3) is 0 Å². The second-order valence-electron chi connectivity index (χ2n) is 9.92. The van der Waals surface area contributed by atoms with E-state index < -0.39 is 11.6 Å². The van der Waals surface area contributed by atoms with Gasteiger partial charge in [0.25, 0.3) is 5.91 Å². The lowest BCUT2D eigenvalue weighted by molar-refractivity contribution is -0.939. The number of thiophene rings is 1. The van der Waals surface area contributed by atoms with Crippen molar-refractivity contribution in [1.29, 1.82) is 0 Å². The number of hydrogen-bond donors (Lipinski definition) is 2. The first-order valence-electron chi connectivity index (χ1n) is 12.0. The van der Waals surface area contributed by atoms with Crippen LogP contribution in [0.4, 0.5) is 5.82 Å². The van der Waals surface area contributed by atoms with Crippen molar-refractivity contribution in [3.05, 3.63) is 34.7 Å². The van der Waals surface area contributed by atoms with Gasteiger partial charge in [0.15, 0.2) is 24.1 Å². The number of nitrogens with one attached hydrogen (secondary N) is 1. The van der Waals surface area contributed by atoms with Crippen LogP contribution in [0.2, 0.25) is 0 Å². The van der Waals surface area contributed by atoms with Gasteiger partial charge >= 0.3 is 5.97 Å². The zero-order valence-electron chi connectivity index (χ0n) is 18.8. The fourth-order valence-corrected chi connectivity index (χ4v) is 6.94. The molecule has 3 aliphatic heterocycles. The summed E-state index contributed by atoms with van der Waals surface area (Å²) < 4.78 is 11.5. The molecule has 1 saturated carbocycles. The minimum Gasteiger partial charge on any atom is -0.454 e. The Bertz CT molecular complexity index is 949. The summed E-state index contributed by atoms with van der Waals surface area (Å²) in [6, 6.07) is 5.34. The molecule has 6 rings (SSSR count). The Hall–Kier alpha value is -2.23. The van der Waals surface area contributed by atoms with E-state index in [0.29, 0.717) is 28.3 Å². The highest BCUT2D eigenvalue weighted by Gasteiger charge is 2.53. The van der Waals surface area contributed by atoms with Gasteiger partial charge in [-0.2, -0.15) is 0 Å². The van der Waals surface area contributed by atoms with Gasteiger partial charge in [-0.05, 0) is 24.3 Å². The van der Waals surface area contributed by atoms with Crippen LogP contribution in [0.5, 0.6) is 0 Å². The summed E-state index contributed by atoms with van der Waals surface area (Å²) in [5, 5.41) is 20.2. The number of quaternary nitrogens is 1. The standard InChI is InChI=1S/C24H31N3O5S/c28-22(25-21-10-13-31-26-21)16-27-11-8-17(9-12-27)19(15-27)32-23(29)24(30,20-7-4-14-33-20)18-5-2-1-3-6-18/h4,7,10,13-14,17-19,30H,1-3,5-6,8-9,11-12,15-16H2/p+1/t17?,19-,24+,27?/m0/s1. The van der Waals surface area contributed by atoms with Gasteiger partial charge in [0.05, 0.1) is 13.1 Å². The summed E-state index contributed by atoms with van der Waals surface area (Å²) in [7, 11) is 0. The number of aliphatic hydroxyl groups is 1. The number of amides is 1. The van der Waals surface area contributed by atoms with Gasteiger partial charge in [0.1, 0.15) is 12.8 Å². The fourth-order valence-electron chi connectivity index (χ4n) is 6.05. The second kappa shape index (κ2) is 9.19. The lowest BCUT2D eigenvalue weighted by Gasteiger charge is -2.52. The van der Waals surface area contributed by atoms with Crippen molar-refractivity contribution in [2.75, 3.05) is 31.5 Å². The van der Waals surface area contributed by atoms with Crippen molar-refractivity contribution in [1.82, 2.24) is 5.16 Å². The van der Waals surface area contributed by atoms with Crippen molar-refractivity contribution in [3.63, 3.8) is 0 Å². The Morgan fingerprint density at radius 1 is 1.21 bits per heavy atom. The Labute approximate surface area is 197 Å². The van der Waals surface area contributed by atoms with Crippen LogP contribution in [0.15, 0.2) is 34.4 Å². The lowest BCUT2D eigenvalue weighted by Crippen LogP contribution is -2.66. The molecule has 5 heterocycles. The monoisotopic (exact) mass is 474 g/mol. The summed E-state index contributed by atoms with van der Waals surface area (Å²) in [5.74, 6) is -0.0599. The van der Waals surface area contributed by atoms with Crippen molar-refractivity contribution in [2.24, 2.45) is 11.8 Å². The molecule has 0 radical (unpaired) electrons. The Morgan fingerprint density at radius 3 is 2.67 bits per heavy atom. The molecule has 0 unspecified atom stereocenters. The number of esters is 1. The van der Waals surface area contributed by atoms with Gasteiger partial charge in [-0.25, -0.2) is 4.79 Å². The molecule has 1 amide bonds. The van der Waals surface area contributed by atoms with Crippen molar-refractivity contribution < 1.29 is 28.4 Å². The highest BCUT2D eigenvalue weighted by Crippen LogP contribution is 2.43. The summed E-state index contributed by atoms with van der Waals surface area (Å²) >= 11 is 1.42. The van der Waals surface area contributed by atoms with E-state index in [2.05, 4.69) is 10.5 Å². The van der Waals surface area contributed by atoms with Gasteiger partial charge in [-0.3, -0.25) is 4.79 Å². The van der Waals surface area contributed by atoms with E-state index in [1.807, 2.05) is 17.5 Å². The molecule has 9 heteroatoms. The van der Waals surface area contributed by atoms with E-state index in [0.717, 1.165) is 58.0 Å². The molecular weight excluding hydrogens is 442 g/mol. The molecule has 8 nitrogen and oxygen atoms in total. The van der Waals surface area contributed by atoms with E-state index in [4.69, 9.17) is 9.26 Å². The quantitative estimate of drug-likeness (QED) is 0.472. The van der Waals surface area contributed by atoms with Crippen LogP contribution in [0, 0.1) is 11.8 Å². The fraction of sp³-hybridized carbons (Fsp3) is 0.625. The highest BCUT2D eigenvalue weighted by atomic mass is 32.1. The number of carbonyl (C=O) groups excluding carboxylic acids is 2. The number of rotatable bonds is 7. The largest absolute Gasteiger partial charge is 0.454 e. The third kappa shape index (κ3) is 4.46. The normalized spacial score (nSPS) is 29.4. The maximum atomic E-state index is 13.6. The van der Waals surface area contributed by atoms with Gasteiger partial charge in [-0.15, -0.1) is 11.3 Å². The molecule has 2 aromatic rings. The molecule has 2 aromatic heterocycles. The predicted octanol–water partition coefficient (Wildman–Crippen LogP) is 3.29. The number of piperidine rings is 3. The maximum Gasteiger partial charge on any atom is 0.344 e. The average molecular weight is 475 g/mol. The third-order valence-corrected chi connectivity index (χ3v) is 8.88. The Kier molecular flexibility index (Phi) is 6.28. The van der Waals surface area contributed by atoms with Gasteiger partial charge in [0.2, 0.25) is 0 Å². The molecule has 4 fully saturated rings. The topological polar surface area (TPSA) is 102 Å². The molecule has 4 aliphatic rings. The van der Waals surface area contributed by atoms with Crippen LogP contribution < -0.4 is 5.32 Å². The minimum absolute atomic E-state index is 0.116. The SMILES string of the molecule is O=C(C[N+]12CCC(CC1)[C@@H](OC(=O)[C@](O)(c1cccs1)C1CCCCC1)C2)Nc1ccon1. The summed E-state index contributed by atoms with van der Waals surface area (Å²) in [6.45, 7) is 2.70. The molecule has 2 N–H and O–H groups in total. The van der Waals surface area contributed by atoms with Crippen LogP contribution in [0.1, 0.15) is 49.8 Å². The Morgan fingerprint density at radius 2 is 2.00 bits per heavy atom. The molecule has 2 atom stereocenters. The highest BCUT2D eigenvalue weighted by molar-refractivity contribution is 7.10. The average Bonchev–Trinajstić information content (AvgIpc) is 3.54. The number of nitrogens with zero attached hydrogens (tertiary/aromatic N) is 2. The smallest absolute Gasteiger partial charge is 0.344 e. The van der Waals surface area contributed by atoms with Crippen LogP contribution >= 0.6 is 11.3 Å². The zero-order chi connectivity index (χ0) is 22.9.